The lowest BCUT2D eigenvalue weighted by Crippen LogP contribution is -2.40. The van der Waals surface area contributed by atoms with Gasteiger partial charge in [-0.05, 0) is 18.2 Å². The first-order valence-electron chi connectivity index (χ1n) is 7.50. The van der Waals surface area contributed by atoms with E-state index in [2.05, 4.69) is 10.9 Å². The smallest absolute Gasteiger partial charge is 0.322 e. The summed E-state index contributed by atoms with van der Waals surface area (Å²) >= 11 is 0. The maximum atomic E-state index is 12.0. The number of nitro groups is 2. The van der Waals surface area contributed by atoms with Crippen molar-refractivity contribution < 1.29 is 23.6 Å². The molecule has 11 heteroatoms. The number of hydrogen-bond donors (Lipinski definition) is 2. The molecule has 0 aliphatic rings. The zero-order valence-electron chi connectivity index (χ0n) is 13.6. The summed E-state index contributed by atoms with van der Waals surface area (Å²) in [6.07, 6.45) is 4.12. The zero-order chi connectivity index (χ0) is 19.4. The van der Waals surface area contributed by atoms with Crippen molar-refractivity contribution in [1.82, 2.24) is 5.43 Å². The van der Waals surface area contributed by atoms with Gasteiger partial charge in [0.1, 0.15) is 6.26 Å². The molecule has 0 aliphatic heterocycles. The highest BCUT2D eigenvalue weighted by molar-refractivity contribution is 5.94. The normalized spacial score (nSPS) is 10.2. The van der Waals surface area contributed by atoms with Crippen LogP contribution in [0.3, 0.4) is 0 Å². The molecule has 136 valence electrons. The van der Waals surface area contributed by atoms with Crippen molar-refractivity contribution in [2.75, 3.05) is 5.43 Å². The molecule has 2 N–H and O–H groups in total. The minimum Gasteiger partial charge on any atom is -0.472 e. The van der Waals surface area contributed by atoms with Gasteiger partial charge >= 0.3 is 11.5 Å². The van der Waals surface area contributed by atoms with E-state index in [1.807, 2.05) is 0 Å². The first kappa shape index (κ1) is 17.5. The van der Waals surface area contributed by atoms with Crippen LogP contribution in [0.15, 0.2) is 65.6 Å². The molecule has 27 heavy (non-hydrogen) atoms. The number of carbonyl (C=O) groups is 1. The van der Waals surface area contributed by atoms with Gasteiger partial charge < -0.3 is 4.42 Å². The van der Waals surface area contributed by atoms with E-state index in [0.29, 0.717) is 5.82 Å². The molecule has 0 spiro atoms. The zero-order valence-corrected chi connectivity index (χ0v) is 13.6. The van der Waals surface area contributed by atoms with Crippen LogP contribution in [-0.4, -0.2) is 15.8 Å². The van der Waals surface area contributed by atoms with E-state index in [-0.39, 0.29) is 11.3 Å². The van der Waals surface area contributed by atoms with Crippen molar-refractivity contribution in [3.8, 4) is 5.69 Å². The Balaban J connectivity index is 1.95. The third-order valence-corrected chi connectivity index (χ3v) is 3.57. The minimum absolute atomic E-state index is 0.0891. The number of anilines is 1. The largest absolute Gasteiger partial charge is 0.472 e. The van der Waals surface area contributed by atoms with Crippen LogP contribution in [0.4, 0.5) is 17.2 Å². The number of rotatable bonds is 6. The van der Waals surface area contributed by atoms with Crippen molar-refractivity contribution in [2.24, 2.45) is 0 Å². The van der Waals surface area contributed by atoms with Crippen LogP contribution in [0.2, 0.25) is 0 Å². The molecule has 0 saturated heterocycles. The van der Waals surface area contributed by atoms with E-state index < -0.39 is 27.1 Å². The van der Waals surface area contributed by atoms with Gasteiger partial charge in [-0.25, -0.2) is 0 Å². The summed E-state index contributed by atoms with van der Waals surface area (Å²) in [7, 11) is 0. The van der Waals surface area contributed by atoms with Gasteiger partial charge in [0, 0.05) is 12.1 Å². The number of hydrazine groups is 1. The number of aromatic nitrogens is 1. The Bertz CT molecular complexity index is 1020. The SMILES string of the molecule is O=C(NNc1cccc[n+]1-c1ccc([N+](=O)[O-])cc1[N+](=O)[O-])c1ccoc1. The predicted octanol–water partition coefficient (Wildman–Crippen LogP) is 2.13. The van der Waals surface area contributed by atoms with Crippen LogP contribution in [0, 0.1) is 20.2 Å². The summed E-state index contributed by atoms with van der Waals surface area (Å²) in [5, 5.41) is 22.3. The van der Waals surface area contributed by atoms with Gasteiger partial charge in [-0.2, -0.15) is 15.4 Å². The Hall–Kier alpha value is -4.28. The van der Waals surface area contributed by atoms with Gasteiger partial charge in [-0.1, -0.05) is 6.07 Å². The summed E-state index contributed by atoms with van der Waals surface area (Å²) in [6.45, 7) is 0. The molecular weight excluding hydrogens is 358 g/mol. The molecule has 1 amide bonds. The molecule has 3 rings (SSSR count). The molecule has 2 heterocycles. The number of benzene rings is 1. The summed E-state index contributed by atoms with van der Waals surface area (Å²) in [5.41, 5.74) is 4.63. The van der Waals surface area contributed by atoms with Gasteiger partial charge in [0.25, 0.3) is 11.6 Å². The number of nitro benzene ring substituents is 2. The number of nitrogens with one attached hydrogen (secondary N) is 2. The first-order valence-corrected chi connectivity index (χ1v) is 7.50. The fourth-order valence-corrected chi connectivity index (χ4v) is 2.32. The van der Waals surface area contributed by atoms with Crippen molar-refractivity contribution in [3.05, 3.63) is 87.0 Å². The number of furan rings is 1. The Labute approximate surface area is 151 Å². The maximum Gasteiger partial charge on any atom is 0.322 e. The second-order valence-electron chi connectivity index (χ2n) is 5.23. The lowest BCUT2D eigenvalue weighted by molar-refractivity contribution is -0.586. The quantitative estimate of drug-likeness (QED) is 0.384. The molecule has 0 bridgehead atoms. The van der Waals surface area contributed by atoms with Crippen molar-refractivity contribution >= 4 is 23.1 Å². The first-order chi connectivity index (χ1) is 13.0. The molecule has 0 unspecified atom stereocenters. The van der Waals surface area contributed by atoms with Crippen LogP contribution < -0.4 is 15.4 Å². The van der Waals surface area contributed by atoms with Gasteiger partial charge in [0.15, 0.2) is 0 Å². The number of amides is 1. The molecule has 2 aromatic heterocycles. The fraction of sp³-hybridized carbons (Fsp3) is 0. The third kappa shape index (κ3) is 3.71. The third-order valence-electron chi connectivity index (χ3n) is 3.57. The van der Waals surface area contributed by atoms with Crippen molar-refractivity contribution in [1.29, 1.82) is 0 Å². The highest BCUT2D eigenvalue weighted by atomic mass is 16.6. The van der Waals surface area contributed by atoms with Crippen LogP contribution in [0.5, 0.6) is 0 Å². The Morgan fingerprint density at radius 3 is 2.56 bits per heavy atom. The average Bonchev–Trinajstić information content (AvgIpc) is 3.20. The number of non-ortho nitro benzene ring substituents is 1. The van der Waals surface area contributed by atoms with Crippen LogP contribution in [0.25, 0.3) is 5.69 Å². The van der Waals surface area contributed by atoms with Gasteiger partial charge in [0.05, 0.1) is 33.9 Å². The van der Waals surface area contributed by atoms with E-state index in [9.17, 15) is 25.0 Å². The van der Waals surface area contributed by atoms with Gasteiger partial charge in [-0.15, -0.1) is 0 Å². The number of pyridine rings is 1. The second-order valence-corrected chi connectivity index (χ2v) is 5.23. The molecule has 0 fully saturated rings. The molecule has 0 atom stereocenters. The molecule has 0 aliphatic carbocycles. The van der Waals surface area contributed by atoms with E-state index in [0.717, 1.165) is 12.1 Å². The number of carbonyl (C=O) groups excluding carboxylic acids is 1. The van der Waals surface area contributed by atoms with E-state index in [1.54, 1.807) is 18.2 Å². The van der Waals surface area contributed by atoms with Crippen molar-refractivity contribution in [2.45, 2.75) is 0 Å². The minimum atomic E-state index is -0.712. The highest BCUT2D eigenvalue weighted by Gasteiger charge is 2.25. The topological polar surface area (TPSA) is 144 Å². The van der Waals surface area contributed by atoms with Crippen LogP contribution in [-0.2, 0) is 0 Å². The lowest BCUT2D eigenvalue weighted by Gasteiger charge is -2.07. The standard InChI is InChI=1S/C16H11N5O6/c22-16(11-6-8-27-10-11)18-17-15-3-1-2-7-19(15)13-5-4-12(20(23)24)9-14(13)21(25)26/h1-10H,(H,18,22)/p+1. The predicted molar refractivity (Wildman–Crippen MR) is 91.1 cm³/mol. The Kier molecular flexibility index (Phi) is 4.75. The Morgan fingerprint density at radius 2 is 1.89 bits per heavy atom. The second kappa shape index (κ2) is 7.31. The summed E-state index contributed by atoms with van der Waals surface area (Å²) < 4.78 is 6.22. The van der Waals surface area contributed by atoms with Crippen molar-refractivity contribution in [3.63, 3.8) is 0 Å². The number of hydrogen-bond acceptors (Lipinski definition) is 7. The average molecular weight is 370 g/mol. The van der Waals surface area contributed by atoms with Crippen LogP contribution >= 0.6 is 0 Å². The molecule has 3 aromatic rings. The van der Waals surface area contributed by atoms with Crippen LogP contribution in [0.1, 0.15) is 10.4 Å². The summed E-state index contributed by atoms with van der Waals surface area (Å²) in [4.78, 5) is 32.8. The molecule has 11 nitrogen and oxygen atoms in total. The van der Waals surface area contributed by atoms with E-state index >= 15 is 0 Å². The monoisotopic (exact) mass is 370 g/mol. The number of nitrogens with zero attached hydrogens (tertiary/aromatic N) is 3. The Morgan fingerprint density at radius 1 is 1.07 bits per heavy atom. The van der Waals surface area contributed by atoms with Gasteiger partial charge in [-0.3, -0.25) is 25.0 Å². The van der Waals surface area contributed by atoms with E-state index in [1.165, 1.54) is 35.4 Å². The highest BCUT2D eigenvalue weighted by Crippen LogP contribution is 2.25. The van der Waals surface area contributed by atoms with E-state index in [4.69, 9.17) is 4.42 Å². The molecule has 0 radical (unpaired) electrons. The lowest BCUT2D eigenvalue weighted by atomic mass is 10.2. The molecular formula is C16H12N5O6+. The molecule has 0 saturated carbocycles. The maximum absolute atomic E-state index is 12.0. The van der Waals surface area contributed by atoms with Gasteiger partial charge in [0.2, 0.25) is 5.69 Å². The summed E-state index contributed by atoms with van der Waals surface area (Å²) in [5.74, 6) is -0.177. The molecule has 1 aromatic carbocycles. The fourth-order valence-electron chi connectivity index (χ4n) is 2.32. The summed E-state index contributed by atoms with van der Waals surface area (Å²) in [6, 6.07) is 9.62.